The quantitative estimate of drug-likeness (QED) is 0.723. The van der Waals surface area contributed by atoms with Crippen molar-refractivity contribution in [1.29, 1.82) is 0 Å². The van der Waals surface area contributed by atoms with Crippen molar-refractivity contribution in [1.82, 2.24) is 5.32 Å². The van der Waals surface area contributed by atoms with Gasteiger partial charge in [-0.05, 0) is 12.1 Å². The summed E-state index contributed by atoms with van der Waals surface area (Å²) >= 11 is 5.40. The van der Waals surface area contributed by atoms with E-state index in [-0.39, 0.29) is 17.2 Å². The largest absolute Gasteiger partial charge is 0.507 e. The van der Waals surface area contributed by atoms with Crippen LogP contribution in [0.25, 0.3) is 0 Å². The molecule has 0 radical (unpaired) electrons. The highest BCUT2D eigenvalue weighted by atomic mass is 35.5. The fraction of sp³-hybridized carbons (Fsp3) is 0.222. The third-order valence-electron chi connectivity index (χ3n) is 1.53. The summed E-state index contributed by atoms with van der Waals surface area (Å²) in [4.78, 5) is 11.3. The van der Waals surface area contributed by atoms with Gasteiger partial charge in [0.25, 0.3) is 5.91 Å². The number of benzene rings is 1. The van der Waals surface area contributed by atoms with Crippen molar-refractivity contribution < 1.29 is 9.90 Å². The Labute approximate surface area is 81.3 Å². The first-order chi connectivity index (χ1) is 6.25. The van der Waals surface area contributed by atoms with E-state index in [1.54, 1.807) is 18.2 Å². The van der Waals surface area contributed by atoms with E-state index in [0.717, 1.165) is 0 Å². The van der Waals surface area contributed by atoms with Gasteiger partial charge in [-0.3, -0.25) is 4.79 Å². The molecule has 0 aromatic heterocycles. The summed E-state index contributed by atoms with van der Waals surface area (Å²) in [5.41, 5.74) is 0.271. The normalized spacial score (nSPS) is 9.62. The first kappa shape index (κ1) is 9.86. The second kappa shape index (κ2) is 4.72. The van der Waals surface area contributed by atoms with Crippen molar-refractivity contribution in [3.63, 3.8) is 0 Å². The smallest absolute Gasteiger partial charge is 0.255 e. The van der Waals surface area contributed by atoms with Crippen LogP contribution in [0.2, 0.25) is 0 Å². The van der Waals surface area contributed by atoms with Crippen LogP contribution in [0.5, 0.6) is 5.75 Å². The standard InChI is InChI=1S/C9H10ClNO2/c10-5-6-11-9(13)7-3-1-2-4-8(7)12/h1-4,12H,5-6H2,(H,11,13). The number of alkyl halides is 1. The zero-order valence-corrected chi connectivity index (χ0v) is 7.71. The summed E-state index contributed by atoms with van der Waals surface area (Å²) in [7, 11) is 0. The Morgan fingerprint density at radius 3 is 2.77 bits per heavy atom. The number of hydrogen-bond donors (Lipinski definition) is 2. The van der Waals surface area contributed by atoms with Crippen molar-refractivity contribution in [2.75, 3.05) is 12.4 Å². The molecule has 1 aromatic carbocycles. The maximum absolute atomic E-state index is 11.3. The van der Waals surface area contributed by atoms with Crippen LogP contribution in [0, 0.1) is 0 Å². The molecule has 1 rings (SSSR count). The van der Waals surface area contributed by atoms with Crippen LogP contribution in [-0.4, -0.2) is 23.4 Å². The van der Waals surface area contributed by atoms with Crippen molar-refractivity contribution in [3.05, 3.63) is 29.8 Å². The topological polar surface area (TPSA) is 49.3 Å². The van der Waals surface area contributed by atoms with E-state index < -0.39 is 0 Å². The van der Waals surface area contributed by atoms with E-state index in [2.05, 4.69) is 5.32 Å². The highest BCUT2D eigenvalue weighted by Gasteiger charge is 2.08. The number of hydrogen-bond acceptors (Lipinski definition) is 2. The summed E-state index contributed by atoms with van der Waals surface area (Å²) in [6.45, 7) is 0.398. The van der Waals surface area contributed by atoms with Crippen LogP contribution in [0.15, 0.2) is 24.3 Å². The van der Waals surface area contributed by atoms with Crippen molar-refractivity contribution in [2.24, 2.45) is 0 Å². The van der Waals surface area contributed by atoms with E-state index in [4.69, 9.17) is 11.6 Å². The Kier molecular flexibility index (Phi) is 3.58. The molecule has 0 bridgehead atoms. The number of carbonyl (C=O) groups excluding carboxylic acids is 1. The zero-order valence-electron chi connectivity index (χ0n) is 6.96. The zero-order chi connectivity index (χ0) is 9.68. The lowest BCUT2D eigenvalue weighted by Gasteiger charge is -2.03. The molecule has 13 heavy (non-hydrogen) atoms. The molecule has 0 aliphatic carbocycles. The van der Waals surface area contributed by atoms with Gasteiger partial charge < -0.3 is 10.4 Å². The maximum atomic E-state index is 11.3. The summed E-state index contributed by atoms with van der Waals surface area (Å²) in [5.74, 6) is 0.0348. The molecule has 70 valence electrons. The molecular weight excluding hydrogens is 190 g/mol. The van der Waals surface area contributed by atoms with Crippen LogP contribution in [0.3, 0.4) is 0 Å². The minimum absolute atomic E-state index is 0.0189. The molecule has 0 saturated carbocycles. The first-order valence-electron chi connectivity index (χ1n) is 3.88. The summed E-state index contributed by atoms with van der Waals surface area (Å²) in [5, 5.41) is 11.8. The van der Waals surface area contributed by atoms with E-state index in [1.807, 2.05) is 0 Å². The molecule has 0 saturated heterocycles. The van der Waals surface area contributed by atoms with Gasteiger partial charge in [-0.15, -0.1) is 11.6 Å². The number of halogens is 1. The Morgan fingerprint density at radius 1 is 1.46 bits per heavy atom. The molecule has 4 heteroatoms. The Morgan fingerprint density at radius 2 is 2.15 bits per heavy atom. The lowest BCUT2D eigenvalue weighted by molar-refractivity contribution is 0.0953. The molecule has 0 aliphatic heterocycles. The molecule has 3 nitrogen and oxygen atoms in total. The number of nitrogens with one attached hydrogen (secondary N) is 1. The first-order valence-corrected chi connectivity index (χ1v) is 4.41. The fourth-order valence-electron chi connectivity index (χ4n) is 0.922. The van der Waals surface area contributed by atoms with Gasteiger partial charge >= 0.3 is 0 Å². The van der Waals surface area contributed by atoms with E-state index in [0.29, 0.717) is 12.4 Å². The van der Waals surface area contributed by atoms with Gasteiger partial charge in [-0.25, -0.2) is 0 Å². The molecule has 0 atom stereocenters. The number of aromatic hydroxyl groups is 1. The Bertz CT molecular complexity index is 301. The second-order valence-electron chi connectivity index (χ2n) is 2.46. The number of phenolic OH excluding ortho intramolecular Hbond substituents is 1. The van der Waals surface area contributed by atoms with Crippen molar-refractivity contribution in [3.8, 4) is 5.75 Å². The number of para-hydroxylation sites is 1. The van der Waals surface area contributed by atoms with Gasteiger partial charge in [0.2, 0.25) is 0 Å². The van der Waals surface area contributed by atoms with Gasteiger partial charge in [0.1, 0.15) is 5.75 Å². The number of rotatable bonds is 3. The van der Waals surface area contributed by atoms with E-state index in [9.17, 15) is 9.90 Å². The highest BCUT2D eigenvalue weighted by Crippen LogP contribution is 2.14. The van der Waals surface area contributed by atoms with Crippen molar-refractivity contribution >= 4 is 17.5 Å². The highest BCUT2D eigenvalue weighted by molar-refractivity contribution is 6.18. The SMILES string of the molecule is O=C(NCCCl)c1ccccc1O. The second-order valence-corrected chi connectivity index (χ2v) is 2.84. The van der Waals surface area contributed by atoms with Crippen LogP contribution in [0.1, 0.15) is 10.4 Å². The van der Waals surface area contributed by atoms with Crippen LogP contribution in [-0.2, 0) is 0 Å². The van der Waals surface area contributed by atoms with Gasteiger partial charge in [0.05, 0.1) is 5.56 Å². The molecular formula is C9H10ClNO2. The third kappa shape index (κ3) is 2.63. The average molecular weight is 200 g/mol. The Hall–Kier alpha value is -1.22. The van der Waals surface area contributed by atoms with E-state index in [1.165, 1.54) is 6.07 Å². The average Bonchev–Trinajstić information content (AvgIpc) is 2.15. The summed E-state index contributed by atoms with van der Waals surface area (Å²) < 4.78 is 0. The molecule has 0 heterocycles. The monoisotopic (exact) mass is 199 g/mol. The van der Waals surface area contributed by atoms with Gasteiger partial charge in [0, 0.05) is 12.4 Å². The molecule has 0 unspecified atom stereocenters. The molecule has 0 spiro atoms. The van der Waals surface area contributed by atoms with Gasteiger partial charge in [-0.2, -0.15) is 0 Å². The lowest BCUT2D eigenvalue weighted by Crippen LogP contribution is -2.25. The molecule has 1 aromatic rings. The van der Waals surface area contributed by atoms with Crippen molar-refractivity contribution in [2.45, 2.75) is 0 Å². The molecule has 0 aliphatic rings. The summed E-state index contributed by atoms with van der Waals surface area (Å²) in [6.07, 6.45) is 0. The fourth-order valence-corrected chi connectivity index (χ4v) is 1.02. The predicted octanol–water partition coefficient (Wildman–Crippen LogP) is 1.36. The number of phenols is 1. The molecule has 0 fully saturated rings. The maximum Gasteiger partial charge on any atom is 0.255 e. The predicted molar refractivity (Wildman–Crippen MR) is 51.2 cm³/mol. The van der Waals surface area contributed by atoms with Gasteiger partial charge in [0.15, 0.2) is 0 Å². The lowest BCUT2D eigenvalue weighted by atomic mass is 10.2. The van der Waals surface area contributed by atoms with Crippen LogP contribution >= 0.6 is 11.6 Å². The third-order valence-corrected chi connectivity index (χ3v) is 1.72. The molecule has 1 amide bonds. The summed E-state index contributed by atoms with van der Waals surface area (Å²) in [6, 6.07) is 6.37. The Balaban J connectivity index is 2.71. The van der Waals surface area contributed by atoms with Crippen LogP contribution in [0.4, 0.5) is 0 Å². The number of amides is 1. The van der Waals surface area contributed by atoms with Crippen LogP contribution < -0.4 is 5.32 Å². The minimum atomic E-state index is -0.307. The van der Waals surface area contributed by atoms with Gasteiger partial charge in [-0.1, -0.05) is 12.1 Å². The molecule has 2 N–H and O–H groups in total. The number of carbonyl (C=O) groups is 1. The van der Waals surface area contributed by atoms with E-state index >= 15 is 0 Å². The minimum Gasteiger partial charge on any atom is -0.507 e.